The van der Waals surface area contributed by atoms with Crippen molar-refractivity contribution >= 4 is 22.4 Å². The van der Waals surface area contributed by atoms with Gasteiger partial charge in [-0.3, -0.25) is 0 Å². The molecule has 0 spiro atoms. The highest BCUT2D eigenvalue weighted by Gasteiger charge is 2.10. The first-order valence-corrected chi connectivity index (χ1v) is 11.6. The number of aryl methyl sites for hydroxylation is 4. The minimum absolute atomic E-state index is 0.161. The topological polar surface area (TPSA) is 9.23 Å². The number of benzene rings is 4. The number of ether oxygens (including phenoxy) is 1. The van der Waals surface area contributed by atoms with Crippen molar-refractivity contribution < 1.29 is 13.5 Å². The van der Waals surface area contributed by atoms with Gasteiger partial charge in [-0.15, -0.1) is 0 Å². The molecule has 0 amide bonds. The van der Waals surface area contributed by atoms with Gasteiger partial charge in [-0.25, -0.2) is 8.78 Å². The molecule has 4 aromatic carbocycles. The minimum Gasteiger partial charge on any atom is -0.384 e. The predicted octanol–water partition coefficient (Wildman–Crippen LogP) is 7.53. The van der Waals surface area contributed by atoms with E-state index < -0.39 is 0 Å². The third-order valence-electron chi connectivity index (χ3n) is 6.09. The summed E-state index contributed by atoms with van der Waals surface area (Å²) in [5.74, 6) is -0.341. The smallest absolute Gasteiger partial charge is 0.134 e. The normalized spacial score (nSPS) is 11.3. The third kappa shape index (κ3) is 5.98. The molecule has 0 aromatic heterocycles. The number of fused-ring (bicyclic) bond motifs is 1. The van der Waals surface area contributed by atoms with Gasteiger partial charge in [0.05, 0.1) is 6.61 Å². The van der Waals surface area contributed by atoms with E-state index in [0.29, 0.717) is 53.8 Å². The molecule has 4 heteroatoms. The Morgan fingerprint density at radius 2 is 1.30 bits per heavy atom. The number of rotatable bonds is 9. The summed E-state index contributed by atoms with van der Waals surface area (Å²) in [6.07, 6.45) is 3.39. The van der Waals surface area contributed by atoms with Crippen LogP contribution >= 0.6 is 11.6 Å². The van der Waals surface area contributed by atoms with E-state index in [1.165, 1.54) is 0 Å². The molecule has 0 aliphatic heterocycles. The first-order chi connectivity index (χ1) is 16.0. The average Bonchev–Trinajstić information content (AvgIpc) is 2.82. The largest absolute Gasteiger partial charge is 0.384 e. The van der Waals surface area contributed by atoms with Gasteiger partial charge in [0.15, 0.2) is 0 Å². The molecule has 0 heterocycles. The third-order valence-corrected chi connectivity index (χ3v) is 6.34. The Morgan fingerprint density at radius 3 is 2.06 bits per heavy atom. The maximum Gasteiger partial charge on any atom is 0.134 e. The molecule has 0 saturated carbocycles. The van der Waals surface area contributed by atoms with Crippen molar-refractivity contribution in [2.45, 2.75) is 32.1 Å². The molecule has 170 valence electrons. The second-order valence-electron chi connectivity index (χ2n) is 8.39. The van der Waals surface area contributed by atoms with Crippen molar-refractivity contribution in [3.63, 3.8) is 0 Å². The zero-order valence-electron chi connectivity index (χ0n) is 18.7. The first kappa shape index (κ1) is 23.4. The van der Waals surface area contributed by atoms with Crippen molar-refractivity contribution in [3.05, 3.63) is 117 Å². The standard InChI is InChI=1S/C29H27ClF2O/c1-33-17-16-22-4-9-23(28(31)19-22)8-3-21-7-15-27-25(18-21)12-11-24(29(27)32)10-2-20-5-13-26(30)14-6-20/h4-7,9,11-15,18-19H,2-3,8,10,16-17H2,1H3. The zero-order chi connectivity index (χ0) is 23.2. The molecule has 0 unspecified atom stereocenters. The molecule has 1 nitrogen and oxygen atoms in total. The first-order valence-electron chi connectivity index (χ1n) is 11.2. The molecule has 0 fully saturated rings. The molecule has 0 N–H and O–H groups in total. The fourth-order valence-electron chi connectivity index (χ4n) is 4.11. The van der Waals surface area contributed by atoms with Crippen LogP contribution in [0.5, 0.6) is 0 Å². The highest BCUT2D eigenvalue weighted by atomic mass is 35.5. The number of methoxy groups -OCH3 is 1. The van der Waals surface area contributed by atoms with Crippen LogP contribution in [0.4, 0.5) is 8.78 Å². The Morgan fingerprint density at radius 1 is 0.667 bits per heavy atom. The van der Waals surface area contributed by atoms with Gasteiger partial charge in [0.1, 0.15) is 11.6 Å². The quantitative estimate of drug-likeness (QED) is 0.249. The van der Waals surface area contributed by atoms with Gasteiger partial charge in [0.2, 0.25) is 0 Å². The molecular formula is C29H27ClF2O. The molecular weight excluding hydrogens is 438 g/mol. The molecule has 0 saturated heterocycles. The van der Waals surface area contributed by atoms with Crippen LogP contribution in [0, 0.1) is 11.6 Å². The Balaban J connectivity index is 1.43. The van der Waals surface area contributed by atoms with Crippen molar-refractivity contribution in [2.24, 2.45) is 0 Å². The summed E-state index contributed by atoms with van der Waals surface area (Å²) in [5.41, 5.74) is 4.54. The maximum atomic E-state index is 15.1. The predicted molar refractivity (Wildman–Crippen MR) is 132 cm³/mol. The molecule has 33 heavy (non-hydrogen) atoms. The van der Waals surface area contributed by atoms with Crippen LogP contribution in [0.1, 0.15) is 27.8 Å². The van der Waals surface area contributed by atoms with E-state index in [-0.39, 0.29) is 11.6 Å². The van der Waals surface area contributed by atoms with Crippen molar-refractivity contribution in [2.75, 3.05) is 13.7 Å². The Labute approximate surface area is 199 Å². The van der Waals surface area contributed by atoms with Crippen molar-refractivity contribution in [1.82, 2.24) is 0 Å². The van der Waals surface area contributed by atoms with E-state index >= 15 is 4.39 Å². The molecule has 4 rings (SSSR count). The van der Waals surface area contributed by atoms with Crippen LogP contribution in [0.3, 0.4) is 0 Å². The molecule has 0 aliphatic carbocycles. The summed E-state index contributed by atoms with van der Waals surface area (Å²) < 4.78 is 34.6. The van der Waals surface area contributed by atoms with Gasteiger partial charge in [0.25, 0.3) is 0 Å². The summed E-state index contributed by atoms with van der Waals surface area (Å²) in [4.78, 5) is 0. The molecule has 0 aliphatic rings. The number of hydrogen-bond acceptors (Lipinski definition) is 1. The second kappa shape index (κ2) is 10.9. The fourth-order valence-corrected chi connectivity index (χ4v) is 4.24. The van der Waals surface area contributed by atoms with Crippen LogP contribution in [-0.4, -0.2) is 13.7 Å². The number of hydrogen-bond donors (Lipinski definition) is 0. The van der Waals surface area contributed by atoms with Crippen molar-refractivity contribution in [1.29, 1.82) is 0 Å². The monoisotopic (exact) mass is 464 g/mol. The van der Waals surface area contributed by atoms with Crippen LogP contribution in [0.25, 0.3) is 10.8 Å². The maximum absolute atomic E-state index is 15.1. The van der Waals surface area contributed by atoms with E-state index in [1.807, 2.05) is 66.7 Å². The lowest BCUT2D eigenvalue weighted by Gasteiger charge is -2.10. The van der Waals surface area contributed by atoms with E-state index in [9.17, 15) is 4.39 Å². The summed E-state index contributed by atoms with van der Waals surface area (Å²) in [6.45, 7) is 0.579. The van der Waals surface area contributed by atoms with E-state index in [1.54, 1.807) is 13.2 Å². The van der Waals surface area contributed by atoms with Gasteiger partial charge < -0.3 is 4.74 Å². The SMILES string of the molecule is COCCc1ccc(CCc2ccc3c(F)c(CCc4ccc(Cl)cc4)ccc3c2)c(F)c1. The molecule has 0 radical (unpaired) electrons. The van der Waals surface area contributed by atoms with Crippen LogP contribution < -0.4 is 0 Å². The van der Waals surface area contributed by atoms with Gasteiger partial charge in [-0.2, -0.15) is 0 Å². The van der Waals surface area contributed by atoms with Gasteiger partial charge >= 0.3 is 0 Å². The molecule has 0 bridgehead atoms. The van der Waals surface area contributed by atoms with E-state index in [2.05, 4.69) is 0 Å². The Bertz CT molecular complexity index is 1230. The van der Waals surface area contributed by atoms with Crippen LogP contribution in [0.2, 0.25) is 5.02 Å². The highest BCUT2D eigenvalue weighted by molar-refractivity contribution is 6.30. The van der Waals surface area contributed by atoms with Crippen LogP contribution in [0.15, 0.2) is 72.8 Å². The van der Waals surface area contributed by atoms with Gasteiger partial charge in [0, 0.05) is 17.5 Å². The fraction of sp³-hybridized carbons (Fsp3) is 0.241. The summed E-state index contributed by atoms with van der Waals surface area (Å²) in [6, 6.07) is 22.7. The number of halogens is 3. The molecule has 0 atom stereocenters. The molecule has 4 aromatic rings. The van der Waals surface area contributed by atoms with E-state index in [4.69, 9.17) is 16.3 Å². The summed E-state index contributed by atoms with van der Waals surface area (Å²) >= 11 is 5.94. The van der Waals surface area contributed by atoms with Crippen molar-refractivity contribution in [3.8, 4) is 0 Å². The lowest BCUT2D eigenvalue weighted by molar-refractivity contribution is 0.202. The van der Waals surface area contributed by atoms with Crippen LogP contribution in [-0.2, 0) is 36.8 Å². The average molecular weight is 465 g/mol. The van der Waals surface area contributed by atoms with Gasteiger partial charge in [-0.1, -0.05) is 66.2 Å². The minimum atomic E-state index is -0.180. The Kier molecular flexibility index (Phi) is 7.74. The lowest BCUT2D eigenvalue weighted by Crippen LogP contribution is -1.99. The van der Waals surface area contributed by atoms with E-state index in [0.717, 1.165) is 28.5 Å². The highest BCUT2D eigenvalue weighted by Crippen LogP contribution is 2.25. The van der Waals surface area contributed by atoms with Gasteiger partial charge in [-0.05, 0) is 83.5 Å². The summed E-state index contributed by atoms with van der Waals surface area (Å²) in [7, 11) is 1.64. The zero-order valence-corrected chi connectivity index (χ0v) is 19.5. The Hall–Kier alpha value is -2.75. The lowest BCUT2D eigenvalue weighted by atomic mass is 9.97. The second-order valence-corrected chi connectivity index (χ2v) is 8.83. The summed E-state index contributed by atoms with van der Waals surface area (Å²) in [5, 5.41) is 2.20.